The summed E-state index contributed by atoms with van der Waals surface area (Å²) >= 11 is 1.45. The molecule has 3 atom stereocenters. The van der Waals surface area contributed by atoms with Crippen molar-refractivity contribution in [3.05, 3.63) is 24.3 Å². The Morgan fingerprint density at radius 3 is 2.62 bits per heavy atom. The largest absolute Gasteiger partial charge is 0.497 e. The summed E-state index contributed by atoms with van der Waals surface area (Å²) in [5.74, 6) is 3.23. The summed E-state index contributed by atoms with van der Waals surface area (Å²) in [6.07, 6.45) is 3.52. The minimum absolute atomic E-state index is 0.0743. The molecule has 1 saturated carbocycles. The molecule has 158 valence electrons. The van der Waals surface area contributed by atoms with Gasteiger partial charge in [0.25, 0.3) is 0 Å². The SMILES string of the molecule is COc1ccc(-c2nnc(SCC(=O)N[C@H]3CCC[C@@H](C)[C@H]3C)n2C(C)C)cc1. The molecule has 0 saturated heterocycles. The summed E-state index contributed by atoms with van der Waals surface area (Å²) in [5.41, 5.74) is 0.980. The minimum atomic E-state index is 0.0743. The number of hydrogen-bond acceptors (Lipinski definition) is 5. The summed E-state index contributed by atoms with van der Waals surface area (Å²) < 4.78 is 7.33. The van der Waals surface area contributed by atoms with Crippen molar-refractivity contribution in [3.63, 3.8) is 0 Å². The minimum Gasteiger partial charge on any atom is -0.497 e. The lowest BCUT2D eigenvalue weighted by molar-refractivity contribution is -0.120. The van der Waals surface area contributed by atoms with Crippen molar-refractivity contribution in [1.29, 1.82) is 0 Å². The van der Waals surface area contributed by atoms with Gasteiger partial charge in [0.1, 0.15) is 5.75 Å². The standard InChI is InChI=1S/C22H32N4O2S/c1-14(2)26-21(17-9-11-18(28-5)12-10-17)24-25-22(26)29-13-20(27)23-19-8-6-7-15(3)16(19)4/h9-12,14-16,19H,6-8,13H2,1-5H3,(H,23,27)/t15-,16-,19+/m1/s1. The van der Waals surface area contributed by atoms with Gasteiger partial charge in [0, 0.05) is 17.6 Å². The number of aromatic nitrogens is 3. The van der Waals surface area contributed by atoms with Crippen LogP contribution in [0.25, 0.3) is 11.4 Å². The maximum Gasteiger partial charge on any atom is 0.230 e. The molecular weight excluding hydrogens is 384 g/mol. The zero-order valence-corrected chi connectivity index (χ0v) is 18.8. The Bertz CT molecular complexity index is 819. The molecule has 0 spiro atoms. The molecule has 0 bridgehead atoms. The summed E-state index contributed by atoms with van der Waals surface area (Å²) in [4.78, 5) is 12.6. The van der Waals surface area contributed by atoms with Crippen LogP contribution in [0.2, 0.25) is 0 Å². The fraction of sp³-hybridized carbons (Fsp3) is 0.591. The van der Waals surface area contributed by atoms with Crippen molar-refractivity contribution in [2.24, 2.45) is 11.8 Å². The highest BCUT2D eigenvalue weighted by Gasteiger charge is 2.28. The number of ether oxygens (including phenoxy) is 1. The molecule has 1 amide bonds. The van der Waals surface area contributed by atoms with E-state index in [-0.39, 0.29) is 18.0 Å². The fourth-order valence-electron chi connectivity index (χ4n) is 3.94. The summed E-state index contributed by atoms with van der Waals surface area (Å²) in [6.45, 7) is 8.74. The Kier molecular flexibility index (Phi) is 7.22. The van der Waals surface area contributed by atoms with Crippen LogP contribution in [0, 0.1) is 11.8 Å². The van der Waals surface area contributed by atoms with E-state index >= 15 is 0 Å². The van der Waals surface area contributed by atoms with Gasteiger partial charge in [-0.15, -0.1) is 10.2 Å². The maximum atomic E-state index is 12.6. The molecule has 29 heavy (non-hydrogen) atoms. The van der Waals surface area contributed by atoms with E-state index in [0.29, 0.717) is 17.6 Å². The Labute approximate surface area is 177 Å². The monoisotopic (exact) mass is 416 g/mol. The number of rotatable bonds is 7. The molecule has 0 radical (unpaired) electrons. The van der Waals surface area contributed by atoms with E-state index < -0.39 is 0 Å². The van der Waals surface area contributed by atoms with Crippen LogP contribution < -0.4 is 10.1 Å². The molecule has 0 unspecified atom stereocenters. The van der Waals surface area contributed by atoms with E-state index in [2.05, 4.69) is 47.8 Å². The van der Waals surface area contributed by atoms with Crippen molar-refractivity contribution < 1.29 is 9.53 Å². The molecule has 1 fully saturated rings. The van der Waals surface area contributed by atoms with E-state index in [1.807, 2.05) is 24.3 Å². The number of amides is 1. The van der Waals surface area contributed by atoms with Crippen LogP contribution in [-0.4, -0.2) is 39.6 Å². The summed E-state index contributed by atoms with van der Waals surface area (Å²) in [7, 11) is 1.65. The fourth-order valence-corrected chi connectivity index (χ4v) is 4.82. The van der Waals surface area contributed by atoms with Crippen molar-refractivity contribution >= 4 is 17.7 Å². The van der Waals surface area contributed by atoms with Crippen LogP contribution in [0.4, 0.5) is 0 Å². The number of nitrogens with zero attached hydrogens (tertiary/aromatic N) is 3. The predicted molar refractivity (Wildman–Crippen MR) is 117 cm³/mol. The molecule has 1 aromatic heterocycles. The zero-order chi connectivity index (χ0) is 21.0. The number of hydrogen-bond donors (Lipinski definition) is 1. The van der Waals surface area contributed by atoms with Gasteiger partial charge >= 0.3 is 0 Å². The van der Waals surface area contributed by atoms with Gasteiger partial charge in [-0.25, -0.2) is 0 Å². The Hall–Kier alpha value is -2.02. The predicted octanol–water partition coefficient (Wildman–Crippen LogP) is 4.57. The molecule has 1 N–H and O–H groups in total. The number of benzene rings is 1. The van der Waals surface area contributed by atoms with Gasteiger partial charge < -0.3 is 10.1 Å². The first-order chi connectivity index (χ1) is 13.9. The Morgan fingerprint density at radius 1 is 1.24 bits per heavy atom. The smallest absolute Gasteiger partial charge is 0.230 e. The lowest BCUT2D eigenvalue weighted by Gasteiger charge is -2.34. The van der Waals surface area contributed by atoms with Gasteiger partial charge in [0.05, 0.1) is 12.9 Å². The zero-order valence-electron chi connectivity index (χ0n) is 18.0. The van der Waals surface area contributed by atoms with E-state index in [4.69, 9.17) is 4.74 Å². The maximum absolute atomic E-state index is 12.6. The first-order valence-electron chi connectivity index (χ1n) is 10.4. The number of carbonyl (C=O) groups is 1. The Morgan fingerprint density at radius 2 is 1.97 bits per heavy atom. The normalized spacial score (nSPS) is 21.9. The number of methoxy groups -OCH3 is 1. The molecule has 6 nitrogen and oxygen atoms in total. The van der Waals surface area contributed by atoms with Gasteiger partial charge in [-0.05, 0) is 56.4 Å². The van der Waals surface area contributed by atoms with Crippen molar-refractivity contribution in [2.45, 2.75) is 64.2 Å². The second-order valence-corrected chi connectivity index (χ2v) is 9.17. The molecule has 1 aliphatic carbocycles. The molecule has 1 aliphatic rings. The number of thioether (sulfide) groups is 1. The van der Waals surface area contributed by atoms with E-state index in [0.717, 1.165) is 28.7 Å². The van der Waals surface area contributed by atoms with E-state index in [9.17, 15) is 4.79 Å². The van der Waals surface area contributed by atoms with Gasteiger partial charge in [0.15, 0.2) is 11.0 Å². The van der Waals surface area contributed by atoms with Crippen LogP contribution in [0.15, 0.2) is 29.4 Å². The average molecular weight is 417 g/mol. The highest BCUT2D eigenvalue weighted by molar-refractivity contribution is 7.99. The summed E-state index contributed by atoms with van der Waals surface area (Å²) in [6, 6.07) is 8.27. The van der Waals surface area contributed by atoms with Crippen LogP contribution in [0.1, 0.15) is 53.0 Å². The first-order valence-corrected chi connectivity index (χ1v) is 11.4. The third-order valence-corrected chi connectivity index (χ3v) is 6.86. The summed E-state index contributed by atoms with van der Waals surface area (Å²) in [5, 5.41) is 12.8. The van der Waals surface area contributed by atoms with Gasteiger partial charge in [0.2, 0.25) is 5.91 Å². The van der Waals surface area contributed by atoms with E-state index in [1.165, 1.54) is 24.6 Å². The molecule has 7 heteroatoms. The molecule has 1 aromatic carbocycles. The third-order valence-electron chi connectivity index (χ3n) is 5.91. The molecule has 0 aliphatic heterocycles. The average Bonchev–Trinajstić information content (AvgIpc) is 3.14. The van der Waals surface area contributed by atoms with Crippen LogP contribution in [-0.2, 0) is 4.79 Å². The number of nitrogens with one attached hydrogen (secondary N) is 1. The lowest BCUT2D eigenvalue weighted by atomic mass is 9.78. The second-order valence-electron chi connectivity index (χ2n) is 8.23. The van der Waals surface area contributed by atoms with Crippen LogP contribution in [0.3, 0.4) is 0 Å². The third kappa shape index (κ3) is 5.13. The van der Waals surface area contributed by atoms with Crippen molar-refractivity contribution in [2.75, 3.05) is 12.9 Å². The van der Waals surface area contributed by atoms with E-state index in [1.54, 1.807) is 7.11 Å². The lowest BCUT2D eigenvalue weighted by Crippen LogP contribution is -2.44. The number of carbonyl (C=O) groups excluding carboxylic acids is 1. The second kappa shape index (κ2) is 9.65. The van der Waals surface area contributed by atoms with Crippen molar-refractivity contribution in [1.82, 2.24) is 20.1 Å². The van der Waals surface area contributed by atoms with Gasteiger partial charge in [-0.3, -0.25) is 9.36 Å². The molecule has 1 heterocycles. The molecule has 3 rings (SSSR count). The highest BCUT2D eigenvalue weighted by atomic mass is 32.2. The van der Waals surface area contributed by atoms with Crippen LogP contribution in [0.5, 0.6) is 5.75 Å². The molecular formula is C22H32N4O2S. The molecule has 2 aromatic rings. The Balaban J connectivity index is 1.67. The van der Waals surface area contributed by atoms with Gasteiger partial charge in [-0.1, -0.05) is 38.5 Å². The quantitative estimate of drug-likeness (QED) is 0.670. The van der Waals surface area contributed by atoms with Crippen LogP contribution >= 0.6 is 11.8 Å². The van der Waals surface area contributed by atoms with Gasteiger partial charge in [-0.2, -0.15) is 0 Å². The van der Waals surface area contributed by atoms with Crippen molar-refractivity contribution in [3.8, 4) is 17.1 Å². The highest BCUT2D eigenvalue weighted by Crippen LogP contribution is 2.31. The topological polar surface area (TPSA) is 69.0 Å². The first kappa shape index (κ1) is 21.7.